The maximum atomic E-state index is 5.59. The number of rotatable bonds is 4. The van der Waals surface area contributed by atoms with Crippen molar-refractivity contribution in [3.05, 3.63) is 66.2 Å². The zero-order valence-corrected chi connectivity index (χ0v) is 11.7. The normalized spacial score (nSPS) is 10.7. The third-order valence-electron chi connectivity index (χ3n) is 3.08. The third-order valence-corrected chi connectivity index (χ3v) is 4.14. The van der Waals surface area contributed by atoms with Crippen LogP contribution in [0.2, 0.25) is 0 Å². The molecule has 1 aromatic heterocycles. The highest BCUT2D eigenvalue weighted by molar-refractivity contribution is 7.98. The number of hydrogen-bond donors (Lipinski definition) is 2. The van der Waals surface area contributed by atoms with Crippen LogP contribution in [0.25, 0.3) is 10.9 Å². The van der Waals surface area contributed by atoms with E-state index in [1.54, 1.807) is 11.8 Å². The Morgan fingerprint density at radius 2 is 1.75 bits per heavy atom. The summed E-state index contributed by atoms with van der Waals surface area (Å²) in [5.74, 6) is 7.17. The van der Waals surface area contributed by atoms with Crippen LogP contribution >= 0.6 is 11.8 Å². The summed E-state index contributed by atoms with van der Waals surface area (Å²) >= 11 is 1.78. The largest absolute Gasteiger partial charge is 0.308 e. The predicted octanol–water partition coefficient (Wildman–Crippen LogP) is 3.81. The highest BCUT2D eigenvalue weighted by atomic mass is 32.2. The number of thioether (sulfide) groups is 1. The maximum absolute atomic E-state index is 5.59. The molecule has 0 aliphatic heterocycles. The van der Waals surface area contributed by atoms with Gasteiger partial charge in [-0.15, -0.1) is 11.8 Å². The van der Waals surface area contributed by atoms with E-state index in [4.69, 9.17) is 5.84 Å². The molecular weight excluding hydrogens is 266 g/mol. The first kappa shape index (κ1) is 13.0. The molecule has 0 radical (unpaired) electrons. The fraction of sp³-hybridized carbons (Fsp3) is 0.0625. The first-order valence-electron chi connectivity index (χ1n) is 6.40. The van der Waals surface area contributed by atoms with Crippen LogP contribution in [0, 0.1) is 0 Å². The minimum atomic E-state index is 0.743. The summed E-state index contributed by atoms with van der Waals surface area (Å²) in [5.41, 5.74) is 4.76. The van der Waals surface area contributed by atoms with Gasteiger partial charge in [0, 0.05) is 21.6 Å². The monoisotopic (exact) mass is 281 g/mol. The molecule has 0 saturated carbocycles. The fourth-order valence-corrected chi connectivity index (χ4v) is 2.96. The number of fused-ring (bicyclic) bond motifs is 1. The average Bonchev–Trinajstić information content (AvgIpc) is 2.53. The van der Waals surface area contributed by atoms with Gasteiger partial charge in [-0.3, -0.25) is 0 Å². The number of nitrogen functional groups attached to an aromatic ring is 1. The molecule has 2 aromatic carbocycles. The van der Waals surface area contributed by atoms with Gasteiger partial charge >= 0.3 is 0 Å². The molecule has 20 heavy (non-hydrogen) atoms. The van der Waals surface area contributed by atoms with Gasteiger partial charge in [0.25, 0.3) is 0 Å². The lowest BCUT2D eigenvalue weighted by molar-refractivity contribution is 1.21. The van der Waals surface area contributed by atoms with Crippen molar-refractivity contribution in [2.24, 2.45) is 5.84 Å². The summed E-state index contributed by atoms with van der Waals surface area (Å²) in [6.07, 6.45) is 0. The zero-order valence-electron chi connectivity index (χ0n) is 10.9. The van der Waals surface area contributed by atoms with Gasteiger partial charge in [0.2, 0.25) is 0 Å². The van der Waals surface area contributed by atoms with Crippen molar-refractivity contribution in [2.75, 3.05) is 5.43 Å². The van der Waals surface area contributed by atoms with E-state index in [9.17, 15) is 0 Å². The van der Waals surface area contributed by atoms with Crippen LogP contribution in [0.15, 0.2) is 65.6 Å². The number of pyridine rings is 1. The van der Waals surface area contributed by atoms with Gasteiger partial charge in [-0.05, 0) is 24.3 Å². The van der Waals surface area contributed by atoms with E-state index in [2.05, 4.69) is 34.7 Å². The van der Waals surface area contributed by atoms with Crippen LogP contribution in [0.3, 0.4) is 0 Å². The molecule has 0 amide bonds. The number of nitrogens with one attached hydrogen (secondary N) is 1. The van der Waals surface area contributed by atoms with E-state index in [1.807, 2.05) is 36.4 Å². The highest BCUT2D eigenvalue weighted by Gasteiger charge is 2.06. The number of anilines is 1. The smallest absolute Gasteiger partial charge is 0.144 e. The second-order valence-electron chi connectivity index (χ2n) is 4.43. The fourth-order valence-electron chi connectivity index (χ4n) is 2.07. The lowest BCUT2D eigenvalue weighted by atomic mass is 10.1. The van der Waals surface area contributed by atoms with Crippen molar-refractivity contribution in [3.8, 4) is 0 Å². The second-order valence-corrected chi connectivity index (χ2v) is 5.48. The standard InChI is InChI=1S/C16H15N3S/c17-19-16-13(11-20-14-7-2-1-3-8-14)10-12-6-4-5-9-15(12)18-16/h1-10H,11,17H2,(H,18,19). The lowest BCUT2D eigenvalue weighted by Crippen LogP contribution is -2.11. The maximum Gasteiger partial charge on any atom is 0.144 e. The molecular formula is C16H15N3S. The number of benzene rings is 2. The van der Waals surface area contributed by atoms with Crippen LogP contribution in [0.1, 0.15) is 5.56 Å². The van der Waals surface area contributed by atoms with Crippen molar-refractivity contribution in [2.45, 2.75) is 10.6 Å². The van der Waals surface area contributed by atoms with E-state index < -0.39 is 0 Å². The van der Waals surface area contributed by atoms with Crippen LogP contribution in [0.4, 0.5) is 5.82 Å². The predicted molar refractivity (Wildman–Crippen MR) is 85.6 cm³/mol. The lowest BCUT2D eigenvalue weighted by Gasteiger charge is -2.09. The minimum Gasteiger partial charge on any atom is -0.308 e. The molecule has 3 nitrogen and oxygen atoms in total. The van der Waals surface area contributed by atoms with Crippen molar-refractivity contribution in [1.29, 1.82) is 0 Å². The van der Waals surface area contributed by atoms with Crippen molar-refractivity contribution in [3.63, 3.8) is 0 Å². The number of hydrogen-bond acceptors (Lipinski definition) is 4. The van der Waals surface area contributed by atoms with E-state index in [0.29, 0.717) is 0 Å². The Morgan fingerprint density at radius 1 is 1.00 bits per heavy atom. The molecule has 0 unspecified atom stereocenters. The van der Waals surface area contributed by atoms with Crippen LogP contribution in [0.5, 0.6) is 0 Å². The van der Waals surface area contributed by atoms with E-state index in [0.717, 1.165) is 28.0 Å². The van der Waals surface area contributed by atoms with Gasteiger partial charge in [-0.25, -0.2) is 10.8 Å². The van der Waals surface area contributed by atoms with Crippen LogP contribution < -0.4 is 11.3 Å². The Bertz CT molecular complexity index is 713. The SMILES string of the molecule is NNc1nc2ccccc2cc1CSc1ccccc1. The number of para-hydroxylation sites is 1. The molecule has 0 spiro atoms. The molecule has 0 atom stereocenters. The van der Waals surface area contributed by atoms with Crippen molar-refractivity contribution >= 4 is 28.5 Å². The summed E-state index contributed by atoms with van der Waals surface area (Å²) in [4.78, 5) is 5.80. The molecule has 0 bridgehead atoms. The summed E-state index contributed by atoms with van der Waals surface area (Å²) in [5, 5.41) is 1.13. The Hall–Kier alpha value is -2.04. The molecule has 0 aliphatic rings. The first-order valence-corrected chi connectivity index (χ1v) is 7.38. The van der Waals surface area contributed by atoms with Gasteiger partial charge in [-0.2, -0.15) is 0 Å². The minimum absolute atomic E-state index is 0.743. The molecule has 1 heterocycles. The van der Waals surface area contributed by atoms with Gasteiger partial charge in [-0.1, -0.05) is 36.4 Å². The van der Waals surface area contributed by atoms with Gasteiger partial charge in [0.15, 0.2) is 0 Å². The van der Waals surface area contributed by atoms with Crippen LogP contribution in [-0.2, 0) is 5.75 Å². The van der Waals surface area contributed by atoms with Crippen molar-refractivity contribution < 1.29 is 0 Å². The summed E-state index contributed by atoms with van der Waals surface area (Å²) in [6, 6.07) is 20.5. The highest BCUT2D eigenvalue weighted by Crippen LogP contribution is 2.27. The molecule has 3 rings (SSSR count). The molecule has 0 saturated heterocycles. The van der Waals surface area contributed by atoms with E-state index >= 15 is 0 Å². The van der Waals surface area contributed by atoms with E-state index in [-0.39, 0.29) is 0 Å². The Labute approximate surface area is 122 Å². The molecule has 0 aliphatic carbocycles. The summed E-state index contributed by atoms with van der Waals surface area (Å²) in [7, 11) is 0. The summed E-state index contributed by atoms with van der Waals surface area (Å²) in [6.45, 7) is 0. The number of nitrogens with two attached hydrogens (primary N) is 1. The Kier molecular flexibility index (Phi) is 3.85. The van der Waals surface area contributed by atoms with E-state index in [1.165, 1.54) is 4.90 Å². The topological polar surface area (TPSA) is 50.9 Å². The Morgan fingerprint density at radius 3 is 2.55 bits per heavy atom. The molecule has 0 fully saturated rings. The molecule has 100 valence electrons. The average molecular weight is 281 g/mol. The number of nitrogens with zero attached hydrogens (tertiary/aromatic N) is 1. The summed E-state index contributed by atoms with van der Waals surface area (Å²) < 4.78 is 0. The van der Waals surface area contributed by atoms with Gasteiger partial charge < -0.3 is 5.43 Å². The van der Waals surface area contributed by atoms with Crippen LogP contribution in [-0.4, -0.2) is 4.98 Å². The second kappa shape index (κ2) is 5.94. The molecule has 4 heteroatoms. The first-order chi connectivity index (χ1) is 9.86. The Balaban J connectivity index is 1.90. The van der Waals surface area contributed by atoms with Crippen molar-refractivity contribution in [1.82, 2.24) is 4.98 Å². The molecule has 3 aromatic rings. The molecule has 3 N–H and O–H groups in total. The zero-order chi connectivity index (χ0) is 13.8. The van der Waals surface area contributed by atoms with Gasteiger partial charge in [0.1, 0.15) is 5.82 Å². The third kappa shape index (κ3) is 2.76. The van der Waals surface area contributed by atoms with Gasteiger partial charge in [0.05, 0.1) is 5.52 Å². The quantitative estimate of drug-likeness (QED) is 0.434. The number of aromatic nitrogens is 1. The number of hydrazine groups is 1.